The average molecular weight is 429 g/mol. The molecule has 0 aliphatic heterocycles. The van der Waals surface area contributed by atoms with Gasteiger partial charge in [0.05, 0.1) is 0 Å². The Morgan fingerprint density at radius 2 is 1.83 bits per heavy atom. The Kier molecular flexibility index (Phi) is 5.19. The summed E-state index contributed by atoms with van der Waals surface area (Å²) in [7, 11) is -4.82. The smallest absolute Gasteiger partial charge is 0.342 e. The summed E-state index contributed by atoms with van der Waals surface area (Å²) in [5.74, 6) is -0.624. The van der Waals surface area contributed by atoms with Crippen molar-refractivity contribution in [3.8, 4) is 0 Å². The van der Waals surface area contributed by atoms with Gasteiger partial charge >= 0.3 is 7.60 Å². The number of rotatable bonds is 5. The molecule has 1 heterocycles. The fourth-order valence-electron chi connectivity index (χ4n) is 3.57. The van der Waals surface area contributed by atoms with Gasteiger partial charge in [-0.25, -0.2) is 0 Å². The maximum absolute atomic E-state index is 13.0. The zero-order valence-corrected chi connectivity index (χ0v) is 16.8. The van der Waals surface area contributed by atoms with Gasteiger partial charge in [-0.3, -0.25) is 9.36 Å². The van der Waals surface area contributed by atoms with Crippen LogP contribution in [-0.4, -0.2) is 20.7 Å². The molecule has 1 amide bonds. The minimum Gasteiger partial charge on any atom is -0.361 e. The van der Waals surface area contributed by atoms with Gasteiger partial charge in [-0.1, -0.05) is 42.5 Å². The predicted octanol–water partition coefficient (Wildman–Crippen LogP) is 4.92. The van der Waals surface area contributed by atoms with Crippen molar-refractivity contribution < 1.29 is 19.1 Å². The maximum Gasteiger partial charge on any atom is 0.342 e. The molecule has 1 unspecified atom stereocenters. The van der Waals surface area contributed by atoms with E-state index in [0.717, 1.165) is 10.8 Å². The van der Waals surface area contributed by atoms with E-state index in [9.17, 15) is 19.1 Å². The van der Waals surface area contributed by atoms with Crippen molar-refractivity contribution >= 4 is 52.5 Å². The van der Waals surface area contributed by atoms with Crippen LogP contribution < -0.4 is 5.32 Å². The second-order valence-electron chi connectivity index (χ2n) is 6.76. The normalized spacial score (nSPS) is 12.9. The zero-order valence-electron chi connectivity index (χ0n) is 15.2. The van der Waals surface area contributed by atoms with Gasteiger partial charge in [-0.2, -0.15) is 0 Å². The van der Waals surface area contributed by atoms with Crippen molar-refractivity contribution in [3.05, 3.63) is 78.0 Å². The Labute approximate surface area is 171 Å². The third-order valence-corrected chi connectivity index (χ3v) is 6.34. The summed E-state index contributed by atoms with van der Waals surface area (Å²) in [5, 5.41) is 5.12. The van der Waals surface area contributed by atoms with Crippen LogP contribution >= 0.6 is 19.2 Å². The fraction of sp³-hybridized carbons (Fsp3) is 0.0952. The van der Waals surface area contributed by atoms with Gasteiger partial charge in [-0.05, 0) is 34.5 Å². The summed E-state index contributed by atoms with van der Waals surface area (Å²) in [4.78, 5) is 36.0. The highest BCUT2D eigenvalue weighted by Gasteiger charge is 2.39. The van der Waals surface area contributed by atoms with Gasteiger partial charge in [0.15, 0.2) is 5.66 Å². The summed E-state index contributed by atoms with van der Waals surface area (Å²) in [6, 6.07) is 18.3. The second-order valence-corrected chi connectivity index (χ2v) is 8.72. The number of hydrogen-bond acceptors (Lipinski definition) is 2. The standard InChI is InChI=1S/C21H18ClN2O4P/c22-11-15-6-3-7-18-19(15)17(12-23-18)20(29(26,27)28)21(25)24-16-9-8-13-4-1-2-5-14(13)10-16/h1-10,12,20,23H,11H2,(H,24,25)(H2,26,27,28). The molecule has 148 valence electrons. The number of nitrogens with one attached hydrogen (secondary N) is 2. The first-order valence-corrected chi connectivity index (χ1v) is 11.1. The number of amides is 1. The summed E-state index contributed by atoms with van der Waals surface area (Å²) < 4.78 is 12.3. The maximum atomic E-state index is 13.0. The molecule has 6 nitrogen and oxygen atoms in total. The number of fused-ring (bicyclic) bond motifs is 2. The van der Waals surface area contributed by atoms with E-state index in [0.29, 0.717) is 22.2 Å². The molecule has 0 aliphatic carbocycles. The van der Waals surface area contributed by atoms with E-state index in [2.05, 4.69) is 10.3 Å². The molecular formula is C21H18ClN2O4P. The molecule has 0 aliphatic rings. The molecule has 8 heteroatoms. The largest absolute Gasteiger partial charge is 0.361 e. The molecule has 4 rings (SSSR count). The zero-order chi connectivity index (χ0) is 20.6. The molecule has 0 saturated heterocycles. The Bertz CT molecular complexity index is 1260. The van der Waals surface area contributed by atoms with E-state index in [-0.39, 0.29) is 11.4 Å². The molecular weight excluding hydrogens is 411 g/mol. The van der Waals surface area contributed by atoms with Crippen molar-refractivity contribution in [2.75, 3.05) is 5.32 Å². The summed E-state index contributed by atoms with van der Waals surface area (Å²) in [6.45, 7) is 0. The number of hydrogen-bond donors (Lipinski definition) is 4. The molecule has 0 saturated carbocycles. The molecule has 0 bridgehead atoms. The number of anilines is 1. The number of H-pyrrole nitrogens is 1. The Hall–Kier alpha value is -2.63. The van der Waals surface area contributed by atoms with Crippen molar-refractivity contribution in [1.29, 1.82) is 0 Å². The highest BCUT2D eigenvalue weighted by atomic mass is 35.5. The Morgan fingerprint density at radius 1 is 1.07 bits per heavy atom. The lowest BCUT2D eigenvalue weighted by atomic mass is 10.0. The molecule has 4 N–H and O–H groups in total. The van der Waals surface area contributed by atoms with Crippen LogP contribution in [0.4, 0.5) is 5.69 Å². The number of benzene rings is 3. The van der Waals surface area contributed by atoms with Gasteiger partial charge in [0, 0.05) is 34.2 Å². The lowest BCUT2D eigenvalue weighted by molar-refractivity contribution is -0.116. The molecule has 1 aromatic heterocycles. The number of carbonyl (C=O) groups excluding carboxylic acids is 1. The molecule has 0 spiro atoms. The van der Waals surface area contributed by atoms with Crippen LogP contribution in [0.15, 0.2) is 66.9 Å². The minimum absolute atomic E-state index is 0.155. The number of halogens is 1. The fourth-order valence-corrected chi connectivity index (χ4v) is 4.73. The Morgan fingerprint density at radius 3 is 2.55 bits per heavy atom. The topological polar surface area (TPSA) is 102 Å². The number of alkyl halides is 1. The summed E-state index contributed by atoms with van der Waals surface area (Å²) >= 11 is 6.01. The molecule has 4 aromatic rings. The van der Waals surface area contributed by atoms with Crippen molar-refractivity contribution in [2.24, 2.45) is 0 Å². The number of carbonyl (C=O) groups is 1. The lowest BCUT2D eigenvalue weighted by Crippen LogP contribution is -2.21. The SMILES string of the molecule is O=C(Nc1ccc2ccccc2c1)C(c1c[nH]c2cccc(CCl)c12)P(=O)(O)O. The van der Waals surface area contributed by atoms with Crippen LogP contribution in [0, 0.1) is 0 Å². The predicted molar refractivity (Wildman–Crippen MR) is 115 cm³/mol. The van der Waals surface area contributed by atoms with Gasteiger partial charge in [0.2, 0.25) is 5.91 Å². The molecule has 0 radical (unpaired) electrons. The average Bonchev–Trinajstić information content (AvgIpc) is 3.10. The van der Waals surface area contributed by atoms with Gasteiger partial charge in [0.25, 0.3) is 0 Å². The lowest BCUT2D eigenvalue weighted by Gasteiger charge is -2.18. The van der Waals surface area contributed by atoms with Crippen LogP contribution in [-0.2, 0) is 15.2 Å². The summed E-state index contributed by atoms with van der Waals surface area (Å²) in [6.07, 6.45) is 1.46. The molecule has 0 fully saturated rings. The molecule has 29 heavy (non-hydrogen) atoms. The van der Waals surface area contributed by atoms with Crippen LogP contribution in [0.25, 0.3) is 21.7 Å². The van der Waals surface area contributed by atoms with Crippen molar-refractivity contribution in [2.45, 2.75) is 11.5 Å². The third-order valence-electron chi connectivity index (χ3n) is 4.86. The van der Waals surface area contributed by atoms with Crippen LogP contribution in [0.3, 0.4) is 0 Å². The van der Waals surface area contributed by atoms with Crippen LogP contribution in [0.5, 0.6) is 0 Å². The van der Waals surface area contributed by atoms with Gasteiger partial charge < -0.3 is 20.1 Å². The van der Waals surface area contributed by atoms with Crippen LogP contribution in [0.1, 0.15) is 16.8 Å². The first-order chi connectivity index (χ1) is 13.9. The monoisotopic (exact) mass is 428 g/mol. The van der Waals surface area contributed by atoms with Gasteiger partial charge in [0.1, 0.15) is 0 Å². The number of aromatic nitrogens is 1. The van der Waals surface area contributed by atoms with E-state index >= 15 is 0 Å². The van der Waals surface area contributed by atoms with Crippen LogP contribution in [0.2, 0.25) is 0 Å². The highest BCUT2D eigenvalue weighted by molar-refractivity contribution is 7.53. The summed E-state index contributed by atoms with van der Waals surface area (Å²) in [5.41, 5.74) is 0.381. The van der Waals surface area contributed by atoms with E-state index in [4.69, 9.17) is 11.6 Å². The van der Waals surface area contributed by atoms with Gasteiger partial charge in [-0.15, -0.1) is 11.6 Å². The molecule has 1 atom stereocenters. The molecule has 3 aromatic carbocycles. The number of aromatic amines is 1. The van der Waals surface area contributed by atoms with E-state index in [1.165, 1.54) is 6.20 Å². The van der Waals surface area contributed by atoms with Crippen molar-refractivity contribution in [1.82, 2.24) is 4.98 Å². The van der Waals surface area contributed by atoms with E-state index < -0.39 is 19.2 Å². The first-order valence-electron chi connectivity index (χ1n) is 8.88. The Balaban J connectivity index is 1.76. The van der Waals surface area contributed by atoms with E-state index in [1.807, 2.05) is 30.3 Å². The minimum atomic E-state index is -4.82. The van der Waals surface area contributed by atoms with E-state index in [1.54, 1.807) is 30.3 Å². The quantitative estimate of drug-likeness (QED) is 0.267. The second kappa shape index (κ2) is 7.65. The highest BCUT2D eigenvalue weighted by Crippen LogP contribution is 2.54. The third kappa shape index (κ3) is 3.80. The first kappa shape index (κ1) is 19.7. The van der Waals surface area contributed by atoms with Crippen molar-refractivity contribution in [3.63, 3.8) is 0 Å².